The Bertz CT molecular complexity index is 1560. The van der Waals surface area contributed by atoms with E-state index in [4.69, 9.17) is 13.9 Å². The van der Waals surface area contributed by atoms with Gasteiger partial charge in [-0.05, 0) is 29.8 Å². The number of alkyl halides is 3. The minimum absolute atomic E-state index is 0.0154. The van der Waals surface area contributed by atoms with Gasteiger partial charge in [-0.1, -0.05) is 36.4 Å². The molecule has 3 N–H and O–H groups in total. The van der Waals surface area contributed by atoms with Crippen molar-refractivity contribution >= 4 is 11.0 Å². The third-order valence-electron chi connectivity index (χ3n) is 7.46. The highest BCUT2D eigenvalue weighted by molar-refractivity contribution is 5.87. The van der Waals surface area contributed by atoms with Crippen LogP contribution >= 0.6 is 0 Å². The normalized spacial score (nSPS) is 17.6. The number of methoxy groups -OCH3 is 2. The Balaban J connectivity index is 1.50. The highest BCUT2D eigenvalue weighted by atomic mass is 19.4. The van der Waals surface area contributed by atoms with Crippen molar-refractivity contribution in [1.29, 1.82) is 0 Å². The second-order valence-electron chi connectivity index (χ2n) is 9.98. The quantitative estimate of drug-likeness (QED) is 0.327. The van der Waals surface area contributed by atoms with E-state index in [2.05, 4.69) is 12.1 Å². The van der Waals surface area contributed by atoms with Crippen molar-refractivity contribution in [2.45, 2.75) is 19.3 Å². The van der Waals surface area contributed by atoms with Crippen LogP contribution in [0, 0.1) is 0 Å². The molecule has 0 amide bonds. The molecule has 7 nitrogen and oxygen atoms in total. The van der Waals surface area contributed by atoms with Gasteiger partial charge in [-0.3, -0.25) is 4.79 Å². The van der Waals surface area contributed by atoms with Crippen LogP contribution < -0.4 is 24.7 Å². The molecule has 5 rings (SSSR count). The zero-order valence-corrected chi connectivity index (χ0v) is 22.2. The van der Waals surface area contributed by atoms with Gasteiger partial charge in [0.1, 0.15) is 45.0 Å². The van der Waals surface area contributed by atoms with E-state index in [0.717, 1.165) is 37.6 Å². The van der Waals surface area contributed by atoms with Crippen molar-refractivity contribution in [3.05, 3.63) is 87.8 Å². The summed E-state index contributed by atoms with van der Waals surface area (Å²) in [6.45, 7) is 4.40. The maximum atomic E-state index is 14.3. The van der Waals surface area contributed by atoms with Crippen molar-refractivity contribution in [3.63, 3.8) is 0 Å². The van der Waals surface area contributed by atoms with Gasteiger partial charge >= 0.3 is 6.18 Å². The molecule has 210 valence electrons. The number of rotatable bonds is 7. The van der Waals surface area contributed by atoms with E-state index in [1.807, 2.05) is 18.2 Å². The maximum Gasteiger partial charge on any atom is 0.450 e. The Morgan fingerprint density at radius 2 is 1.52 bits per heavy atom. The average Bonchev–Trinajstić information content (AvgIpc) is 2.95. The number of quaternary nitrogens is 2. The van der Waals surface area contributed by atoms with Crippen LogP contribution in [-0.2, 0) is 19.3 Å². The lowest BCUT2D eigenvalue weighted by molar-refractivity contribution is -1.02. The molecule has 1 aliphatic rings. The minimum atomic E-state index is -4.96. The Labute approximate surface area is 229 Å². The largest absolute Gasteiger partial charge is 0.507 e. The van der Waals surface area contributed by atoms with E-state index in [0.29, 0.717) is 5.75 Å². The molecule has 1 saturated heterocycles. The Morgan fingerprint density at radius 1 is 0.875 bits per heavy atom. The monoisotopic (exact) mass is 556 g/mol. The van der Waals surface area contributed by atoms with Gasteiger partial charge in [0.25, 0.3) is 0 Å². The summed E-state index contributed by atoms with van der Waals surface area (Å²) in [6.07, 6.45) is -4.96. The van der Waals surface area contributed by atoms with Gasteiger partial charge in [0.05, 0.1) is 30.7 Å². The van der Waals surface area contributed by atoms with E-state index in [9.17, 15) is 23.1 Å². The lowest BCUT2D eigenvalue weighted by Gasteiger charge is -2.30. The van der Waals surface area contributed by atoms with Crippen LogP contribution in [0.25, 0.3) is 22.1 Å². The number of phenols is 1. The topological polar surface area (TPSA) is 77.8 Å². The smallest absolute Gasteiger partial charge is 0.450 e. The molecule has 0 aliphatic carbocycles. The molecule has 0 bridgehead atoms. The molecular formula is C30H31F3N2O5+2. The number of piperazine rings is 1. The molecule has 4 aromatic rings. The third kappa shape index (κ3) is 5.50. The highest BCUT2D eigenvalue weighted by Gasteiger charge is 2.40. The Kier molecular flexibility index (Phi) is 7.73. The van der Waals surface area contributed by atoms with E-state index < -0.39 is 22.9 Å². The van der Waals surface area contributed by atoms with Gasteiger partial charge in [-0.15, -0.1) is 0 Å². The number of halogens is 3. The second-order valence-corrected chi connectivity index (χ2v) is 9.98. The molecule has 2 heterocycles. The first kappa shape index (κ1) is 27.5. The van der Waals surface area contributed by atoms with Crippen LogP contribution in [0.1, 0.15) is 16.9 Å². The summed E-state index contributed by atoms with van der Waals surface area (Å²) in [6, 6.07) is 17.0. The lowest BCUT2D eigenvalue weighted by Crippen LogP contribution is -3.27. The SMILES string of the molecule is COc1ccc(-c2c(C(F)(F)F)oc3c(C[NH+]4CC[NH+](Cc5ccccc5)CC4)c(O)ccc3c2=O)cc1OC. The molecule has 0 saturated carbocycles. The number of hydrogen-bond acceptors (Lipinski definition) is 5. The van der Waals surface area contributed by atoms with E-state index in [1.54, 1.807) is 0 Å². The van der Waals surface area contributed by atoms with Crippen molar-refractivity contribution in [2.24, 2.45) is 0 Å². The number of aromatic hydroxyl groups is 1. The average molecular weight is 557 g/mol. The molecule has 40 heavy (non-hydrogen) atoms. The van der Waals surface area contributed by atoms with Gasteiger partial charge in [-0.25, -0.2) is 0 Å². The van der Waals surface area contributed by atoms with E-state index >= 15 is 0 Å². The fourth-order valence-electron chi connectivity index (χ4n) is 5.37. The third-order valence-corrected chi connectivity index (χ3v) is 7.46. The van der Waals surface area contributed by atoms with Crippen LogP contribution in [0.4, 0.5) is 13.2 Å². The van der Waals surface area contributed by atoms with Crippen molar-refractivity contribution in [2.75, 3.05) is 40.4 Å². The number of benzene rings is 3. The first-order valence-corrected chi connectivity index (χ1v) is 13.0. The predicted octanol–water partition coefficient (Wildman–Crippen LogP) is 2.69. The summed E-state index contributed by atoms with van der Waals surface area (Å²) >= 11 is 0. The van der Waals surface area contributed by atoms with Crippen LogP contribution in [0.15, 0.2) is 69.9 Å². The van der Waals surface area contributed by atoms with Gasteiger partial charge in [-0.2, -0.15) is 13.2 Å². The van der Waals surface area contributed by atoms with Gasteiger partial charge < -0.3 is 28.8 Å². The standard InChI is InChI=1S/C30H29F3N2O5/c1-38-24-11-8-20(16-25(24)39-2)26-27(37)21-9-10-23(36)22(28(21)40-29(26)30(31,32)33)18-35-14-12-34(13-15-35)17-19-6-4-3-5-7-19/h3-11,16,36H,12-15,17-18H2,1-2H3/p+2. The summed E-state index contributed by atoms with van der Waals surface area (Å²) < 4.78 is 58.9. The fraction of sp³-hybridized carbons (Fsp3) is 0.300. The Hall–Kier alpha value is -4.02. The molecule has 0 unspecified atom stereocenters. The maximum absolute atomic E-state index is 14.3. The van der Waals surface area contributed by atoms with Crippen molar-refractivity contribution in [3.8, 4) is 28.4 Å². The molecule has 1 aromatic heterocycles. The zero-order valence-electron chi connectivity index (χ0n) is 22.2. The summed E-state index contributed by atoms with van der Waals surface area (Å²) in [5.74, 6) is -1.13. The van der Waals surface area contributed by atoms with Crippen molar-refractivity contribution < 1.29 is 42.0 Å². The minimum Gasteiger partial charge on any atom is -0.507 e. The van der Waals surface area contributed by atoms with Crippen molar-refractivity contribution in [1.82, 2.24) is 0 Å². The second kappa shape index (κ2) is 11.2. The van der Waals surface area contributed by atoms with Gasteiger partial charge in [0.2, 0.25) is 11.2 Å². The molecule has 1 aliphatic heterocycles. The van der Waals surface area contributed by atoms with Crippen LogP contribution in [-0.4, -0.2) is 45.5 Å². The number of fused-ring (bicyclic) bond motifs is 1. The van der Waals surface area contributed by atoms with Gasteiger partial charge in [0.15, 0.2) is 17.1 Å². The molecule has 10 heteroatoms. The first-order chi connectivity index (χ1) is 19.2. The molecule has 0 radical (unpaired) electrons. The molecule has 3 aromatic carbocycles. The fourth-order valence-corrected chi connectivity index (χ4v) is 5.37. The number of hydrogen-bond donors (Lipinski definition) is 3. The molecular weight excluding hydrogens is 525 g/mol. The van der Waals surface area contributed by atoms with E-state index in [-0.39, 0.29) is 40.1 Å². The highest BCUT2D eigenvalue weighted by Crippen LogP contribution is 2.40. The number of phenolic OH excluding ortho intramolecular Hbond substituents is 1. The van der Waals surface area contributed by atoms with Crippen LogP contribution in [0.5, 0.6) is 17.2 Å². The van der Waals surface area contributed by atoms with Crippen LogP contribution in [0.3, 0.4) is 0 Å². The molecule has 0 atom stereocenters. The summed E-state index contributed by atoms with van der Waals surface area (Å²) in [7, 11) is 2.76. The summed E-state index contributed by atoms with van der Waals surface area (Å²) in [5, 5.41) is 10.7. The zero-order chi connectivity index (χ0) is 28.4. The first-order valence-electron chi connectivity index (χ1n) is 13.0. The molecule has 0 spiro atoms. The number of ether oxygens (including phenoxy) is 2. The predicted molar refractivity (Wildman–Crippen MR) is 143 cm³/mol. The summed E-state index contributed by atoms with van der Waals surface area (Å²) in [4.78, 5) is 16.1. The number of nitrogens with one attached hydrogen (secondary N) is 2. The lowest BCUT2D eigenvalue weighted by atomic mass is 9.99. The van der Waals surface area contributed by atoms with Gasteiger partial charge in [0, 0.05) is 5.56 Å². The van der Waals surface area contributed by atoms with E-state index in [1.165, 1.54) is 55.0 Å². The summed E-state index contributed by atoms with van der Waals surface area (Å²) in [5.41, 5.74) is -0.274. The molecule has 1 fully saturated rings. The Morgan fingerprint density at radius 3 is 2.15 bits per heavy atom. The van der Waals surface area contributed by atoms with Crippen LogP contribution in [0.2, 0.25) is 0 Å².